The van der Waals surface area contributed by atoms with Gasteiger partial charge in [0.1, 0.15) is 11.3 Å². The maximum absolute atomic E-state index is 11.5. The van der Waals surface area contributed by atoms with Crippen molar-refractivity contribution in [1.29, 1.82) is 0 Å². The van der Waals surface area contributed by atoms with Gasteiger partial charge in [-0.3, -0.25) is 4.79 Å². The van der Waals surface area contributed by atoms with Crippen molar-refractivity contribution >= 4 is 17.3 Å². The van der Waals surface area contributed by atoms with Gasteiger partial charge in [-0.05, 0) is 31.0 Å². The number of benzene rings is 2. The smallest absolute Gasteiger partial charge is 0.150 e. The molecule has 4 rings (SSSR count). The summed E-state index contributed by atoms with van der Waals surface area (Å²) >= 11 is 0. The fourth-order valence-electron chi connectivity index (χ4n) is 3.41. The van der Waals surface area contributed by atoms with Gasteiger partial charge in [0.15, 0.2) is 6.29 Å². The van der Waals surface area contributed by atoms with Gasteiger partial charge in [-0.25, -0.2) is 0 Å². The first-order valence-corrected chi connectivity index (χ1v) is 7.67. The fourth-order valence-corrected chi connectivity index (χ4v) is 3.41. The van der Waals surface area contributed by atoms with Crippen molar-refractivity contribution in [2.24, 2.45) is 0 Å². The Bertz CT molecular complexity index is 994. The second-order valence-electron chi connectivity index (χ2n) is 5.82. The number of carbonyl (C=O) groups excluding carboxylic acids is 1. The molecule has 0 aromatic heterocycles. The molecule has 0 unspecified atom stereocenters. The molecule has 0 bridgehead atoms. The zero-order chi connectivity index (χ0) is 16.0. The van der Waals surface area contributed by atoms with E-state index >= 15 is 0 Å². The zero-order valence-corrected chi connectivity index (χ0v) is 13.1. The lowest BCUT2D eigenvalue weighted by Gasteiger charge is -2.14. The molecule has 0 N–H and O–H groups in total. The highest BCUT2D eigenvalue weighted by molar-refractivity contribution is 6.06. The van der Waals surface area contributed by atoms with E-state index in [4.69, 9.17) is 4.42 Å². The van der Waals surface area contributed by atoms with Crippen LogP contribution in [-0.2, 0) is 0 Å². The zero-order valence-electron chi connectivity index (χ0n) is 13.1. The predicted octanol–water partition coefficient (Wildman–Crippen LogP) is 5.63. The van der Waals surface area contributed by atoms with Crippen molar-refractivity contribution in [2.45, 2.75) is 13.8 Å². The van der Waals surface area contributed by atoms with Gasteiger partial charge in [-0.15, -0.1) is 0 Å². The number of carbonyl (C=O) groups is 1. The van der Waals surface area contributed by atoms with Crippen LogP contribution in [0, 0.1) is 13.8 Å². The van der Waals surface area contributed by atoms with Crippen molar-refractivity contribution in [3.63, 3.8) is 0 Å². The minimum Gasteiger partial charge on any atom is -0.456 e. The average molecular weight is 300 g/mol. The first-order chi connectivity index (χ1) is 11.2. The summed E-state index contributed by atoms with van der Waals surface area (Å²) in [7, 11) is 0. The summed E-state index contributed by atoms with van der Waals surface area (Å²) in [5.41, 5.74) is 6.78. The van der Waals surface area contributed by atoms with E-state index in [-0.39, 0.29) is 0 Å². The number of hydrogen-bond donors (Lipinski definition) is 0. The Morgan fingerprint density at radius 3 is 2.26 bits per heavy atom. The van der Waals surface area contributed by atoms with Crippen LogP contribution >= 0.6 is 0 Å². The van der Waals surface area contributed by atoms with Gasteiger partial charge < -0.3 is 4.42 Å². The summed E-state index contributed by atoms with van der Waals surface area (Å²) in [5.74, 6) is 0.808. The van der Waals surface area contributed by atoms with E-state index in [2.05, 4.69) is 18.2 Å². The Hall–Kier alpha value is -2.87. The second-order valence-corrected chi connectivity index (χ2v) is 5.82. The fraction of sp³-hybridized carbons (Fsp3) is 0.0952. The van der Waals surface area contributed by atoms with Crippen LogP contribution in [0.15, 0.2) is 59.0 Å². The molecule has 1 heterocycles. The van der Waals surface area contributed by atoms with Crippen LogP contribution in [0.2, 0.25) is 0 Å². The van der Waals surface area contributed by atoms with E-state index in [1.54, 1.807) is 0 Å². The Balaban J connectivity index is 2.26. The standard InChI is InChI=1S/C21H16O2/c1-13-17(12-22)14(2)21-19(13)20(15-8-4-3-5-9-15)16-10-6-7-11-18(16)23-21/h3-12H,1-2H3. The Morgan fingerprint density at radius 2 is 1.52 bits per heavy atom. The van der Waals surface area contributed by atoms with Gasteiger partial charge >= 0.3 is 0 Å². The highest BCUT2D eigenvalue weighted by Crippen LogP contribution is 2.46. The predicted molar refractivity (Wildman–Crippen MR) is 93.1 cm³/mol. The Labute approximate surface area is 134 Å². The summed E-state index contributed by atoms with van der Waals surface area (Å²) in [5, 5.41) is 1.07. The summed E-state index contributed by atoms with van der Waals surface area (Å²) in [6.07, 6.45) is 0.930. The van der Waals surface area contributed by atoms with E-state index in [9.17, 15) is 4.79 Å². The molecule has 2 nitrogen and oxygen atoms in total. The van der Waals surface area contributed by atoms with Crippen molar-refractivity contribution in [3.05, 3.63) is 71.3 Å². The normalized spacial score (nSPS) is 11.2. The third-order valence-corrected chi connectivity index (χ3v) is 4.55. The SMILES string of the molecule is Cc1c2oc3ccccc3c(-c3ccccc3)c-2c(C)c1C=O. The molecule has 2 aromatic rings. The molecular weight excluding hydrogens is 284 g/mol. The van der Waals surface area contributed by atoms with Gasteiger partial charge in [0, 0.05) is 27.6 Å². The molecular formula is C21H16O2. The second kappa shape index (κ2) is 5.10. The Morgan fingerprint density at radius 1 is 0.826 bits per heavy atom. The quantitative estimate of drug-likeness (QED) is 0.449. The first kappa shape index (κ1) is 13.8. The monoisotopic (exact) mass is 300 g/mol. The number of fused-ring (bicyclic) bond motifs is 2. The Kier molecular flexibility index (Phi) is 3.05. The van der Waals surface area contributed by atoms with Crippen LogP contribution in [0.5, 0.6) is 0 Å². The van der Waals surface area contributed by atoms with Crippen LogP contribution in [0.3, 0.4) is 0 Å². The number of rotatable bonds is 2. The average Bonchev–Trinajstić information content (AvgIpc) is 2.84. The van der Waals surface area contributed by atoms with Crippen LogP contribution in [0.25, 0.3) is 33.4 Å². The molecule has 0 spiro atoms. The van der Waals surface area contributed by atoms with Crippen molar-refractivity contribution < 1.29 is 9.21 Å². The van der Waals surface area contributed by atoms with Crippen LogP contribution in [-0.4, -0.2) is 6.29 Å². The maximum atomic E-state index is 11.5. The van der Waals surface area contributed by atoms with E-state index in [0.29, 0.717) is 0 Å². The molecule has 1 aliphatic heterocycles. The van der Waals surface area contributed by atoms with E-state index in [1.165, 1.54) is 0 Å². The highest BCUT2D eigenvalue weighted by atomic mass is 16.3. The summed E-state index contributed by atoms with van der Waals surface area (Å²) in [4.78, 5) is 11.5. The van der Waals surface area contributed by atoms with Gasteiger partial charge in [-0.1, -0.05) is 48.5 Å². The van der Waals surface area contributed by atoms with E-state index in [0.717, 1.165) is 56.4 Å². The highest BCUT2D eigenvalue weighted by Gasteiger charge is 2.25. The van der Waals surface area contributed by atoms with Crippen molar-refractivity contribution in [1.82, 2.24) is 0 Å². The molecule has 2 heteroatoms. The molecule has 0 radical (unpaired) electrons. The lowest BCUT2D eigenvalue weighted by molar-refractivity contribution is 0.112. The number of aldehydes is 1. The lowest BCUT2D eigenvalue weighted by atomic mass is 9.94. The molecule has 1 aliphatic carbocycles. The molecule has 2 aromatic carbocycles. The maximum Gasteiger partial charge on any atom is 0.150 e. The van der Waals surface area contributed by atoms with Crippen LogP contribution in [0.1, 0.15) is 21.5 Å². The molecule has 0 atom stereocenters. The summed E-state index contributed by atoms with van der Waals surface area (Å²) in [6, 6.07) is 18.3. The summed E-state index contributed by atoms with van der Waals surface area (Å²) in [6.45, 7) is 3.95. The minimum atomic E-state index is 0.733. The third-order valence-electron chi connectivity index (χ3n) is 4.55. The molecule has 0 amide bonds. The van der Waals surface area contributed by atoms with Gasteiger partial charge in [0.2, 0.25) is 0 Å². The first-order valence-electron chi connectivity index (χ1n) is 7.67. The van der Waals surface area contributed by atoms with Crippen LogP contribution in [0.4, 0.5) is 0 Å². The molecule has 23 heavy (non-hydrogen) atoms. The van der Waals surface area contributed by atoms with E-state index in [1.807, 2.05) is 50.2 Å². The molecule has 0 saturated heterocycles. The van der Waals surface area contributed by atoms with E-state index < -0.39 is 0 Å². The van der Waals surface area contributed by atoms with Gasteiger partial charge in [0.25, 0.3) is 0 Å². The molecule has 0 saturated carbocycles. The molecule has 112 valence electrons. The number of hydrogen-bond acceptors (Lipinski definition) is 2. The van der Waals surface area contributed by atoms with Gasteiger partial charge in [-0.2, -0.15) is 0 Å². The summed E-state index contributed by atoms with van der Waals surface area (Å²) < 4.78 is 6.14. The third kappa shape index (κ3) is 1.92. The van der Waals surface area contributed by atoms with Gasteiger partial charge in [0.05, 0.1) is 0 Å². The number of para-hydroxylation sites is 1. The minimum absolute atomic E-state index is 0.733. The van der Waals surface area contributed by atoms with Crippen molar-refractivity contribution in [2.75, 3.05) is 0 Å². The van der Waals surface area contributed by atoms with Crippen LogP contribution < -0.4 is 0 Å². The molecule has 2 aliphatic rings. The molecule has 0 fully saturated rings. The van der Waals surface area contributed by atoms with Crippen molar-refractivity contribution in [3.8, 4) is 22.5 Å². The largest absolute Gasteiger partial charge is 0.456 e. The lowest BCUT2D eigenvalue weighted by Crippen LogP contribution is -1.89. The topological polar surface area (TPSA) is 30.2 Å².